The SMILES string of the molecule is CN.COc1cc(-c2cn(C)c(=O)c(C)c2C)cc(OC)c1CN1CC2CC(C1)N2C(=O)/C(C)=C/c1nccs1. The molecule has 1 amide bonds. The average molecular weight is 566 g/mol. The molecule has 9 nitrogen and oxygen atoms in total. The minimum Gasteiger partial charge on any atom is -0.496 e. The Morgan fingerprint density at radius 3 is 2.30 bits per heavy atom. The Morgan fingerprint density at radius 1 is 1.12 bits per heavy atom. The zero-order chi connectivity index (χ0) is 29.1. The van der Waals surface area contributed by atoms with E-state index >= 15 is 0 Å². The number of methoxy groups -OCH3 is 2. The van der Waals surface area contributed by atoms with Gasteiger partial charge in [-0.25, -0.2) is 4.98 Å². The fourth-order valence-electron chi connectivity index (χ4n) is 5.70. The number of aryl methyl sites for hydroxylation is 1. The Kier molecular flexibility index (Phi) is 9.12. The molecule has 0 spiro atoms. The van der Waals surface area contributed by atoms with Gasteiger partial charge in [0.05, 0.1) is 19.8 Å². The van der Waals surface area contributed by atoms with Crippen molar-refractivity contribution in [3.05, 3.63) is 67.5 Å². The molecule has 1 aromatic carbocycles. The number of rotatable bonds is 7. The molecule has 10 heteroatoms. The van der Waals surface area contributed by atoms with Crippen molar-refractivity contribution in [2.24, 2.45) is 12.8 Å². The maximum Gasteiger partial charge on any atom is 0.253 e. The highest BCUT2D eigenvalue weighted by Gasteiger charge is 2.47. The largest absolute Gasteiger partial charge is 0.496 e. The lowest BCUT2D eigenvalue weighted by Crippen LogP contribution is -2.70. The van der Waals surface area contributed by atoms with Crippen molar-refractivity contribution in [2.45, 2.75) is 45.8 Å². The summed E-state index contributed by atoms with van der Waals surface area (Å²) in [5.41, 5.74) is 9.82. The number of carbonyl (C=O) groups is 1. The van der Waals surface area contributed by atoms with Crippen molar-refractivity contribution in [2.75, 3.05) is 34.4 Å². The number of amides is 1. The Labute approximate surface area is 239 Å². The molecule has 3 saturated heterocycles. The zero-order valence-corrected chi connectivity index (χ0v) is 25.2. The fourth-order valence-corrected chi connectivity index (χ4v) is 6.33. The van der Waals surface area contributed by atoms with E-state index in [1.54, 1.807) is 32.0 Å². The number of piperidine rings is 1. The maximum absolute atomic E-state index is 13.2. The van der Waals surface area contributed by atoms with E-state index in [4.69, 9.17) is 9.47 Å². The summed E-state index contributed by atoms with van der Waals surface area (Å²) < 4.78 is 13.3. The molecule has 3 aliphatic rings. The molecule has 2 aromatic heterocycles. The van der Waals surface area contributed by atoms with Crippen molar-refractivity contribution in [3.63, 3.8) is 0 Å². The normalized spacial score (nSPS) is 18.5. The number of ether oxygens (including phenoxy) is 2. The Bertz CT molecular complexity index is 1430. The number of carbonyl (C=O) groups excluding carboxylic acids is 1. The van der Waals surface area contributed by atoms with Crippen LogP contribution >= 0.6 is 11.3 Å². The van der Waals surface area contributed by atoms with Gasteiger partial charge in [0.25, 0.3) is 5.56 Å². The van der Waals surface area contributed by atoms with Gasteiger partial charge in [0.2, 0.25) is 5.91 Å². The summed E-state index contributed by atoms with van der Waals surface area (Å²) in [4.78, 5) is 34.2. The molecule has 0 saturated carbocycles. The van der Waals surface area contributed by atoms with Gasteiger partial charge >= 0.3 is 0 Å². The third kappa shape index (κ3) is 5.56. The molecule has 2 atom stereocenters. The predicted molar refractivity (Wildman–Crippen MR) is 160 cm³/mol. The van der Waals surface area contributed by atoms with E-state index in [1.165, 1.54) is 18.4 Å². The second kappa shape index (κ2) is 12.4. The molecule has 6 rings (SSSR count). The van der Waals surface area contributed by atoms with Crippen molar-refractivity contribution in [1.82, 2.24) is 19.4 Å². The summed E-state index contributed by atoms with van der Waals surface area (Å²) in [6.07, 6.45) is 6.53. The first kappa shape index (κ1) is 29.5. The molecule has 3 aromatic rings. The van der Waals surface area contributed by atoms with E-state index in [0.29, 0.717) is 6.54 Å². The van der Waals surface area contributed by atoms with E-state index in [0.717, 1.165) is 69.4 Å². The summed E-state index contributed by atoms with van der Waals surface area (Å²) in [6, 6.07) is 4.45. The van der Waals surface area contributed by atoms with E-state index in [2.05, 4.69) is 15.6 Å². The van der Waals surface area contributed by atoms with E-state index in [9.17, 15) is 9.59 Å². The number of pyridine rings is 1. The van der Waals surface area contributed by atoms with Crippen LogP contribution in [0.5, 0.6) is 11.5 Å². The Hall–Kier alpha value is -3.47. The van der Waals surface area contributed by atoms with E-state index in [-0.39, 0.29) is 23.6 Å². The number of piperazine rings is 1. The van der Waals surface area contributed by atoms with Gasteiger partial charge in [0.15, 0.2) is 0 Å². The first-order valence-electron chi connectivity index (χ1n) is 13.3. The van der Waals surface area contributed by atoms with Crippen LogP contribution in [0.2, 0.25) is 0 Å². The lowest BCUT2D eigenvalue weighted by molar-refractivity contribution is -0.149. The molecule has 40 heavy (non-hydrogen) atoms. The molecular weight excluding hydrogens is 526 g/mol. The molecule has 2 N–H and O–H groups in total. The van der Waals surface area contributed by atoms with Gasteiger partial charge in [-0.15, -0.1) is 11.3 Å². The van der Waals surface area contributed by atoms with Crippen LogP contribution in [0.4, 0.5) is 0 Å². The number of fused-ring (bicyclic) bond motifs is 2. The van der Waals surface area contributed by atoms with Gasteiger partial charge in [-0.05, 0) is 63.6 Å². The molecule has 0 radical (unpaired) electrons. The highest BCUT2D eigenvalue weighted by atomic mass is 32.1. The van der Waals surface area contributed by atoms with Crippen molar-refractivity contribution in [3.8, 4) is 22.6 Å². The minimum atomic E-state index is 0.00635. The maximum atomic E-state index is 13.2. The summed E-state index contributed by atoms with van der Waals surface area (Å²) in [5.74, 6) is 1.60. The number of nitrogens with zero attached hydrogens (tertiary/aromatic N) is 4. The number of hydrogen-bond donors (Lipinski definition) is 1. The Balaban J connectivity index is 0.00000181. The number of aromatic nitrogens is 2. The van der Waals surface area contributed by atoms with E-state index < -0.39 is 0 Å². The molecule has 2 unspecified atom stereocenters. The monoisotopic (exact) mass is 565 g/mol. The topological polar surface area (TPSA) is 103 Å². The smallest absolute Gasteiger partial charge is 0.253 e. The molecule has 214 valence electrons. The molecular formula is C30H39N5O4S. The van der Waals surface area contributed by atoms with Gasteiger partial charge in [-0.3, -0.25) is 14.5 Å². The van der Waals surface area contributed by atoms with Crippen LogP contribution in [-0.2, 0) is 18.4 Å². The number of thiazole rings is 1. The van der Waals surface area contributed by atoms with Crippen LogP contribution in [0.1, 0.15) is 35.0 Å². The van der Waals surface area contributed by atoms with Crippen LogP contribution in [0.3, 0.4) is 0 Å². The Morgan fingerprint density at radius 2 is 1.75 bits per heavy atom. The molecule has 2 bridgehead atoms. The molecule has 3 aliphatic heterocycles. The van der Waals surface area contributed by atoms with Gasteiger partial charge < -0.3 is 24.7 Å². The zero-order valence-electron chi connectivity index (χ0n) is 24.4. The highest BCUT2D eigenvalue weighted by Crippen LogP contribution is 2.40. The third-order valence-corrected chi connectivity index (χ3v) is 8.59. The summed E-state index contributed by atoms with van der Waals surface area (Å²) in [7, 11) is 6.62. The van der Waals surface area contributed by atoms with Crippen LogP contribution in [0.25, 0.3) is 17.2 Å². The standard InChI is InChI=1S/C29H34N4O4S.CH5N/c1-17(9-27-30-7-8-38-27)28(34)33-21-12-22(33)14-32(13-21)16-24-25(36-5)10-20(11-26(24)37-6)23-15-31(4)29(35)19(3)18(23)2;1-2/h7-11,15,21-22H,12-14,16H2,1-6H3;2H2,1H3/b17-9+;. The van der Waals surface area contributed by atoms with Gasteiger partial charge in [-0.1, -0.05) is 0 Å². The number of nitrogens with two attached hydrogens (primary N) is 1. The van der Waals surface area contributed by atoms with Gasteiger partial charge in [-0.2, -0.15) is 0 Å². The highest BCUT2D eigenvalue weighted by molar-refractivity contribution is 7.10. The second-order valence-corrected chi connectivity index (χ2v) is 11.1. The number of hydrogen-bond acceptors (Lipinski definition) is 8. The lowest BCUT2D eigenvalue weighted by atomic mass is 9.86. The first-order valence-corrected chi connectivity index (χ1v) is 14.2. The lowest BCUT2D eigenvalue weighted by Gasteiger charge is -2.56. The summed E-state index contributed by atoms with van der Waals surface area (Å²) in [6.45, 7) is 7.98. The van der Waals surface area contributed by atoms with Crippen LogP contribution in [0, 0.1) is 13.8 Å². The van der Waals surface area contributed by atoms with Crippen LogP contribution in [0.15, 0.2) is 40.3 Å². The van der Waals surface area contributed by atoms with Crippen LogP contribution in [-0.4, -0.2) is 71.7 Å². The van der Waals surface area contributed by atoms with Crippen molar-refractivity contribution in [1.29, 1.82) is 0 Å². The summed E-state index contributed by atoms with van der Waals surface area (Å²) >= 11 is 1.53. The van der Waals surface area contributed by atoms with Crippen molar-refractivity contribution >= 4 is 23.3 Å². The fraction of sp³-hybridized carbons (Fsp3) is 0.433. The first-order chi connectivity index (χ1) is 19.2. The third-order valence-electron chi connectivity index (χ3n) is 7.86. The predicted octanol–water partition coefficient (Wildman–Crippen LogP) is 3.61. The van der Waals surface area contributed by atoms with Crippen molar-refractivity contribution < 1.29 is 14.3 Å². The average Bonchev–Trinajstić information content (AvgIpc) is 3.48. The molecule has 0 aliphatic carbocycles. The minimum absolute atomic E-state index is 0.00635. The van der Waals surface area contributed by atoms with Crippen LogP contribution < -0.4 is 20.8 Å². The molecule has 3 fully saturated rings. The number of benzene rings is 1. The quantitative estimate of drug-likeness (QED) is 0.437. The molecule has 5 heterocycles. The van der Waals surface area contributed by atoms with E-state index in [1.807, 2.05) is 55.5 Å². The summed E-state index contributed by atoms with van der Waals surface area (Å²) in [5, 5.41) is 2.77. The van der Waals surface area contributed by atoms with Gasteiger partial charge in [0.1, 0.15) is 16.5 Å². The second-order valence-electron chi connectivity index (χ2n) is 10.2. The van der Waals surface area contributed by atoms with Gasteiger partial charge in [0, 0.05) is 73.2 Å².